The van der Waals surface area contributed by atoms with Crippen molar-refractivity contribution in [1.29, 1.82) is 0 Å². The Morgan fingerprint density at radius 1 is 1.47 bits per heavy atom. The molecule has 1 aliphatic rings. The van der Waals surface area contributed by atoms with E-state index in [0.29, 0.717) is 11.7 Å². The minimum atomic E-state index is -0.130. The summed E-state index contributed by atoms with van der Waals surface area (Å²) in [6.07, 6.45) is 3.46. The first kappa shape index (κ1) is 12.8. The van der Waals surface area contributed by atoms with Gasteiger partial charge in [-0.3, -0.25) is 4.79 Å². The minimum Gasteiger partial charge on any atom is -0.469 e. The number of rotatable bonds is 5. The van der Waals surface area contributed by atoms with Crippen molar-refractivity contribution in [3.63, 3.8) is 0 Å². The third-order valence-corrected chi connectivity index (χ3v) is 4.33. The van der Waals surface area contributed by atoms with Crippen LogP contribution in [-0.4, -0.2) is 36.2 Å². The standard InChI is InChI=1S/C10H20N2O2S/c1-14-9(13)5-3-2-4-8-10(12)7(11)6-15-8/h7-8,10H,2-6,11-12H2,1H3/t7-,8+,10+/m1/s1. The summed E-state index contributed by atoms with van der Waals surface area (Å²) in [6.45, 7) is 0. The van der Waals surface area contributed by atoms with Crippen molar-refractivity contribution in [2.45, 2.75) is 43.0 Å². The van der Waals surface area contributed by atoms with Gasteiger partial charge >= 0.3 is 5.97 Å². The van der Waals surface area contributed by atoms with Gasteiger partial charge in [-0.05, 0) is 12.8 Å². The number of esters is 1. The summed E-state index contributed by atoms with van der Waals surface area (Å²) in [5, 5.41) is 0.470. The molecule has 0 bridgehead atoms. The first-order chi connectivity index (χ1) is 7.15. The van der Waals surface area contributed by atoms with Gasteiger partial charge in [0, 0.05) is 29.5 Å². The van der Waals surface area contributed by atoms with Crippen molar-refractivity contribution >= 4 is 17.7 Å². The van der Waals surface area contributed by atoms with E-state index in [1.165, 1.54) is 7.11 Å². The monoisotopic (exact) mass is 232 g/mol. The zero-order valence-corrected chi connectivity index (χ0v) is 9.96. The van der Waals surface area contributed by atoms with E-state index in [0.717, 1.165) is 25.0 Å². The van der Waals surface area contributed by atoms with Crippen molar-refractivity contribution in [2.75, 3.05) is 12.9 Å². The van der Waals surface area contributed by atoms with Crippen molar-refractivity contribution in [2.24, 2.45) is 11.5 Å². The number of thioether (sulfide) groups is 1. The van der Waals surface area contributed by atoms with Crippen LogP contribution in [0.2, 0.25) is 0 Å². The zero-order chi connectivity index (χ0) is 11.3. The maximum Gasteiger partial charge on any atom is 0.305 e. The second-order valence-electron chi connectivity index (χ2n) is 3.93. The molecule has 0 spiro atoms. The van der Waals surface area contributed by atoms with Crippen LogP contribution in [0.5, 0.6) is 0 Å². The highest BCUT2D eigenvalue weighted by Crippen LogP contribution is 2.28. The summed E-state index contributed by atoms with van der Waals surface area (Å²) in [5.41, 5.74) is 11.8. The fourth-order valence-electron chi connectivity index (χ4n) is 1.73. The highest BCUT2D eigenvalue weighted by Gasteiger charge is 2.30. The second kappa shape index (κ2) is 6.35. The predicted molar refractivity (Wildman–Crippen MR) is 62.7 cm³/mol. The van der Waals surface area contributed by atoms with Crippen LogP contribution in [0.4, 0.5) is 0 Å². The Labute approximate surface area is 95.1 Å². The molecule has 0 aromatic rings. The number of hydrogen-bond acceptors (Lipinski definition) is 5. The normalized spacial score (nSPS) is 30.5. The zero-order valence-electron chi connectivity index (χ0n) is 9.15. The van der Waals surface area contributed by atoms with E-state index in [4.69, 9.17) is 11.5 Å². The molecule has 0 radical (unpaired) electrons. The summed E-state index contributed by atoms with van der Waals surface area (Å²) in [5.74, 6) is 0.832. The SMILES string of the molecule is COC(=O)CCCC[C@@H]1SC[C@@H](N)[C@@H]1N. The van der Waals surface area contributed by atoms with Gasteiger partial charge in [0.2, 0.25) is 0 Å². The molecule has 1 saturated heterocycles. The lowest BCUT2D eigenvalue weighted by atomic mass is 10.0. The lowest BCUT2D eigenvalue weighted by molar-refractivity contribution is -0.140. The maximum atomic E-state index is 10.9. The fourth-order valence-corrected chi connectivity index (χ4v) is 3.17. The Balaban J connectivity index is 2.08. The van der Waals surface area contributed by atoms with Crippen LogP contribution in [0.1, 0.15) is 25.7 Å². The average molecular weight is 232 g/mol. The van der Waals surface area contributed by atoms with Crippen molar-refractivity contribution in [1.82, 2.24) is 0 Å². The first-order valence-electron chi connectivity index (χ1n) is 5.34. The first-order valence-corrected chi connectivity index (χ1v) is 6.39. The summed E-state index contributed by atoms with van der Waals surface area (Å²) in [6, 6.07) is 0.258. The maximum absolute atomic E-state index is 10.9. The molecule has 5 heteroatoms. The molecule has 0 aromatic carbocycles. The number of unbranched alkanes of at least 4 members (excludes halogenated alkanes) is 1. The molecule has 0 unspecified atom stereocenters. The van der Waals surface area contributed by atoms with Crippen molar-refractivity contribution < 1.29 is 9.53 Å². The molecule has 1 heterocycles. The number of ether oxygens (including phenoxy) is 1. The molecule has 15 heavy (non-hydrogen) atoms. The molecule has 0 aliphatic carbocycles. The largest absolute Gasteiger partial charge is 0.469 e. The molecule has 0 saturated carbocycles. The van der Waals surface area contributed by atoms with Gasteiger partial charge in [0.15, 0.2) is 0 Å². The predicted octanol–water partition coefficient (Wildman–Crippen LogP) is 0.490. The van der Waals surface area contributed by atoms with Crippen LogP contribution in [0.3, 0.4) is 0 Å². The molecule has 0 amide bonds. The molecule has 1 fully saturated rings. The second-order valence-corrected chi connectivity index (χ2v) is 5.21. The summed E-state index contributed by atoms with van der Waals surface area (Å²) in [4.78, 5) is 10.9. The molecule has 1 rings (SSSR count). The minimum absolute atomic E-state index is 0.119. The Morgan fingerprint density at radius 2 is 2.20 bits per heavy atom. The molecule has 1 aliphatic heterocycles. The van der Waals surface area contributed by atoms with E-state index in [1.54, 1.807) is 0 Å². The number of hydrogen-bond donors (Lipinski definition) is 2. The van der Waals surface area contributed by atoms with Crippen molar-refractivity contribution in [3.8, 4) is 0 Å². The van der Waals surface area contributed by atoms with Gasteiger partial charge in [0.05, 0.1) is 7.11 Å². The van der Waals surface area contributed by atoms with Crippen LogP contribution < -0.4 is 11.5 Å². The fraction of sp³-hybridized carbons (Fsp3) is 0.900. The quantitative estimate of drug-likeness (QED) is 0.533. The van der Waals surface area contributed by atoms with E-state index in [9.17, 15) is 4.79 Å². The Morgan fingerprint density at radius 3 is 2.73 bits per heavy atom. The van der Waals surface area contributed by atoms with Gasteiger partial charge in [-0.2, -0.15) is 11.8 Å². The van der Waals surface area contributed by atoms with E-state index in [2.05, 4.69) is 4.74 Å². The Kier molecular flexibility index (Phi) is 5.42. The molecular weight excluding hydrogens is 212 g/mol. The summed E-state index contributed by atoms with van der Waals surface area (Å²) in [7, 11) is 1.42. The van der Waals surface area contributed by atoms with E-state index in [-0.39, 0.29) is 18.1 Å². The molecule has 3 atom stereocenters. The smallest absolute Gasteiger partial charge is 0.305 e. The topological polar surface area (TPSA) is 78.3 Å². The van der Waals surface area contributed by atoms with E-state index in [1.807, 2.05) is 11.8 Å². The van der Waals surface area contributed by atoms with Gasteiger partial charge < -0.3 is 16.2 Å². The molecule has 0 aromatic heterocycles. The van der Waals surface area contributed by atoms with Gasteiger partial charge in [-0.1, -0.05) is 6.42 Å². The van der Waals surface area contributed by atoms with Crippen LogP contribution >= 0.6 is 11.8 Å². The van der Waals surface area contributed by atoms with Gasteiger partial charge in [0.25, 0.3) is 0 Å². The number of nitrogens with two attached hydrogens (primary N) is 2. The highest BCUT2D eigenvalue weighted by atomic mass is 32.2. The van der Waals surface area contributed by atoms with Gasteiger partial charge in [0.1, 0.15) is 0 Å². The lowest BCUT2D eigenvalue weighted by Gasteiger charge is -2.16. The highest BCUT2D eigenvalue weighted by molar-refractivity contribution is 8.00. The third kappa shape index (κ3) is 4.01. The van der Waals surface area contributed by atoms with Gasteiger partial charge in [-0.15, -0.1) is 0 Å². The third-order valence-electron chi connectivity index (χ3n) is 2.77. The molecule has 4 nitrogen and oxygen atoms in total. The van der Waals surface area contributed by atoms with E-state index < -0.39 is 0 Å². The van der Waals surface area contributed by atoms with Crippen LogP contribution in [0.15, 0.2) is 0 Å². The van der Waals surface area contributed by atoms with Crippen LogP contribution in [0.25, 0.3) is 0 Å². The number of methoxy groups -OCH3 is 1. The molecule has 88 valence electrons. The van der Waals surface area contributed by atoms with E-state index >= 15 is 0 Å². The Hall–Kier alpha value is -0.260. The molecular formula is C10H20N2O2S. The summed E-state index contributed by atoms with van der Waals surface area (Å²) < 4.78 is 4.57. The Bertz CT molecular complexity index is 214. The van der Waals surface area contributed by atoms with Crippen LogP contribution in [0, 0.1) is 0 Å². The van der Waals surface area contributed by atoms with Gasteiger partial charge in [-0.25, -0.2) is 0 Å². The summed E-state index contributed by atoms with van der Waals surface area (Å²) >= 11 is 1.86. The van der Waals surface area contributed by atoms with Crippen molar-refractivity contribution in [3.05, 3.63) is 0 Å². The molecule has 4 N–H and O–H groups in total. The average Bonchev–Trinajstić information content (AvgIpc) is 2.55. The number of carbonyl (C=O) groups is 1. The number of carbonyl (C=O) groups excluding carboxylic acids is 1. The van der Waals surface area contributed by atoms with Crippen LogP contribution in [-0.2, 0) is 9.53 Å². The lowest BCUT2D eigenvalue weighted by Crippen LogP contribution is -2.43.